The smallest absolute Gasteiger partial charge is 0.259 e. The van der Waals surface area contributed by atoms with E-state index in [-0.39, 0.29) is 11.9 Å². The molecule has 1 aliphatic rings. The van der Waals surface area contributed by atoms with Crippen LogP contribution in [0.15, 0.2) is 23.7 Å². The molecule has 1 aliphatic carbocycles. The van der Waals surface area contributed by atoms with E-state index in [9.17, 15) is 4.79 Å². The lowest BCUT2D eigenvalue weighted by molar-refractivity contribution is 0.102. The van der Waals surface area contributed by atoms with Gasteiger partial charge in [0.1, 0.15) is 11.6 Å². The average molecular weight is 428 g/mol. The number of nitrogens with two attached hydrogens (primary N) is 1. The van der Waals surface area contributed by atoms with Gasteiger partial charge in [-0.25, -0.2) is 9.97 Å². The number of nitrogens with zero attached hydrogens (tertiary/aromatic N) is 3. The van der Waals surface area contributed by atoms with Crippen molar-refractivity contribution in [3.63, 3.8) is 0 Å². The Balaban J connectivity index is 1.55. The van der Waals surface area contributed by atoms with Gasteiger partial charge < -0.3 is 20.5 Å². The van der Waals surface area contributed by atoms with E-state index in [1.165, 1.54) is 38.4 Å². The van der Waals surface area contributed by atoms with Gasteiger partial charge in [-0.15, -0.1) is 11.3 Å². The highest BCUT2D eigenvalue weighted by atomic mass is 32.1. The van der Waals surface area contributed by atoms with Crippen molar-refractivity contribution in [2.75, 3.05) is 19.5 Å². The Morgan fingerprint density at radius 1 is 1.23 bits per heavy atom. The minimum Gasteiger partial charge on any atom is -0.491 e. The predicted molar refractivity (Wildman–Crippen MR) is 116 cm³/mol. The molecule has 0 spiro atoms. The first kappa shape index (κ1) is 20.5. The number of hydrogen-bond donors (Lipinski definition) is 2. The molecule has 4 rings (SSSR count). The molecule has 158 valence electrons. The van der Waals surface area contributed by atoms with E-state index in [4.69, 9.17) is 20.2 Å². The van der Waals surface area contributed by atoms with E-state index in [0.717, 1.165) is 29.8 Å². The number of carbonyl (C=O) groups excluding carboxylic acids is 1. The Bertz CT molecular complexity index is 1050. The number of carbonyl (C=O) groups is 1. The molecule has 1 fully saturated rings. The summed E-state index contributed by atoms with van der Waals surface area (Å²) in [7, 11) is 3.03. The Labute approximate surface area is 178 Å². The van der Waals surface area contributed by atoms with E-state index in [2.05, 4.69) is 15.3 Å². The fourth-order valence-electron chi connectivity index (χ4n) is 3.83. The van der Waals surface area contributed by atoms with Gasteiger partial charge in [-0.1, -0.05) is 12.8 Å². The molecule has 3 heterocycles. The maximum atomic E-state index is 12.9. The fourth-order valence-corrected chi connectivity index (χ4v) is 4.68. The summed E-state index contributed by atoms with van der Waals surface area (Å²) in [5.41, 5.74) is 7.45. The van der Waals surface area contributed by atoms with Gasteiger partial charge in [0, 0.05) is 24.0 Å². The van der Waals surface area contributed by atoms with Gasteiger partial charge in [-0.3, -0.25) is 4.79 Å². The van der Waals surface area contributed by atoms with Crippen molar-refractivity contribution in [2.24, 2.45) is 11.7 Å². The van der Waals surface area contributed by atoms with Crippen LogP contribution in [-0.2, 0) is 6.42 Å². The SMILES string of the molecule is COc1ccc(NC(=O)c2csc3cnc(C[C@H]4CCCC[C@H]4N)nc23)nc1OC. The Hall–Kier alpha value is -2.78. The van der Waals surface area contributed by atoms with Crippen LogP contribution >= 0.6 is 11.3 Å². The van der Waals surface area contributed by atoms with Crippen LogP contribution in [0.5, 0.6) is 11.6 Å². The van der Waals surface area contributed by atoms with Gasteiger partial charge in [0.2, 0.25) is 0 Å². The van der Waals surface area contributed by atoms with Gasteiger partial charge in [-0.05, 0) is 30.9 Å². The summed E-state index contributed by atoms with van der Waals surface area (Å²) in [4.78, 5) is 26.4. The van der Waals surface area contributed by atoms with Crippen LogP contribution in [0.4, 0.5) is 5.82 Å². The zero-order chi connectivity index (χ0) is 21.1. The average Bonchev–Trinajstić information content (AvgIpc) is 3.18. The molecule has 1 amide bonds. The molecule has 1 saturated carbocycles. The topological polar surface area (TPSA) is 112 Å². The first-order valence-corrected chi connectivity index (χ1v) is 10.9. The van der Waals surface area contributed by atoms with Gasteiger partial charge in [0.05, 0.1) is 30.0 Å². The van der Waals surface area contributed by atoms with Gasteiger partial charge in [0.25, 0.3) is 11.8 Å². The summed E-state index contributed by atoms with van der Waals surface area (Å²) in [6.07, 6.45) is 7.08. The number of aromatic nitrogens is 3. The highest BCUT2D eigenvalue weighted by Gasteiger charge is 2.24. The maximum Gasteiger partial charge on any atom is 0.259 e. The van der Waals surface area contributed by atoms with Crippen molar-refractivity contribution in [3.8, 4) is 11.6 Å². The summed E-state index contributed by atoms with van der Waals surface area (Å²) in [6.45, 7) is 0. The van der Waals surface area contributed by atoms with Crippen LogP contribution in [0.25, 0.3) is 10.2 Å². The lowest BCUT2D eigenvalue weighted by Crippen LogP contribution is -2.34. The molecule has 0 saturated heterocycles. The number of ether oxygens (including phenoxy) is 2. The second-order valence-electron chi connectivity index (χ2n) is 7.42. The lowest BCUT2D eigenvalue weighted by Gasteiger charge is -2.27. The third kappa shape index (κ3) is 4.22. The molecule has 2 atom stereocenters. The lowest BCUT2D eigenvalue weighted by atomic mass is 9.83. The van der Waals surface area contributed by atoms with Crippen molar-refractivity contribution in [1.82, 2.24) is 15.0 Å². The zero-order valence-corrected chi connectivity index (χ0v) is 17.9. The number of thiophene rings is 1. The molecular formula is C21H25N5O3S. The Kier molecular flexibility index (Phi) is 6.10. The standard InChI is InChI=1S/C21H25N5O3S/c1-28-15-7-8-17(26-21(15)29-2)25-20(27)13-11-30-16-10-23-18(24-19(13)16)9-12-5-3-4-6-14(12)22/h7-8,10-12,14H,3-6,9,22H2,1-2H3,(H,25,26,27)/t12-,14-/m1/s1. The van der Waals surface area contributed by atoms with E-state index in [1.807, 2.05) is 0 Å². The minimum absolute atomic E-state index is 0.194. The Morgan fingerprint density at radius 3 is 2.83 bits per heavy atom. The molecular weight excluding hydrogens is 402 g/mol. The summed E-state index contributed by atoms with van der Waals surface area (Å²) in [5.74, 6) is 2.03. The number of methoxy groups -OCH3 is 2. The summed E-state index contributed by atoms with van der Waals surface area (Å²) in [6, 6.07) is 3.55. The van der Waals surface area contributed by atoms with Crippen LogP contribution in [0.1, 0.15) is 41.9 Å². The molecule has 0 unspecified atom stereocenters. The van der Waals surface area contributed by atoms with Crippen LogP contribution in [0, 0.1) is 5.92 Å². The first-order valence-electron chi connectivity index (χ1n) is 9.98. The molecule has 0 aromatic carbocycles. The molecule has 3 aromatic heterocycles. The number of fused-ring (bicyclic) bond motifs is 1. The number of nitrogens with one attached hydrogen (secondary N) is 1. The van der Waals surface area contributed by atoms with Crippen molar-refractivity contribution < 1.29 is 14.3 Å². The number of pyridine rings is 1. The van der Waals surface area contributed by atoms with Crippen LogP contribution < -0.4 is 20.5 Å². The summed E-state index contributed by atoms with van der Waals surface area (Å²) < 4.78 is 11.3. The molecule has 9 heteroatoms. The molecule has 0 radical (unpaired) electrons. The van der Waals surface area contributed by atoms with Gasteiger partial charge in [-0.2, -0.15) is 4.98 Å². The van der Waals surface area contributed by atoms with Crippen LogP contribution in [0.2, 0.25) is 0 Å². The van der Waals surface area contributed by atoms with E-state index in [1.54, 1.807) is 23.7 Å². The van der Waals surface area contributed by atoms with Crippen LogP contribution in [0.3, 0.4) is 0 Å². The second-order valence-corrected chi connectivity index (χ2v) is 8.33. The third-order valence-corrected chi connectivity index (χ3v) is 6.41. The van der Waals surface area contributed by atoms with Crippen molar-refractivity contribution in [1.29, 1.82) is 0 Å². The van der Waals surface area contributed by atoms with Crippen molar-refractivity contribution in [2.45, 2.75) is 38.1 Å². The molecule has 3 N–H and O–H groups in total. The van der Waals surface area contributed by atoms with Crippen molar-refractivity contribution >= 4 is 33.3 Å². The zero-order valence-electron chi connectivity index (χ0n) is 17.1. The monoisotopic (exact) mass is 427 g/mol. The molecule has 0 aliphatic heterocycles. The predicted octanol–water partition coefficient (Wildman–Crippen LogP) is 3.42. The summed E-state index contributed by atoms with van der Waals surface area (Å²) in [5, 5.41) is 4.61. The largest absolute Gasteiger partial charge is 0.491 e. The van der Waals surface area contributed by atoms with E-state index < -0.39 is 0 Å². The normalized spacial score (nSPS) is 18.9. The maximum absolute atomic E-state index is 12.9. The van der Waals surface area contributed by atoms with Gasteiger partial charge in [0.15, 0.2) is 5.75 Å². The van der Waals surface area contributed by atoms with Crippen molar-refractivity contribution in [3.05, 3.63) is 35.1 Å². The Morgan fingerprint density at radius 2 is 2.07 bits per heavy atom. The minimum atomic E-state index is -0.278. The number of amides is 1. The fraction of sp³-hybridized carbons (Fsp3) is 0.429. The highest BCUT2D eigenvalue weighted by molar-refractivity contribution is 7.17. The second kappa shape index (κ2) is 8.93. The molecule has 3 aromatic rings. The molecule has 30 heavy (non-hydrogen) atoms. The summed E-state index contributed by atoms with van der Waals surface area (Å²) >= 11 is 1.45. The number of rotatable bonds is 6. The van der Waals surface area contributed by atoms with Crippen LogP contribution in [-0.4, -0.2) is 41.1 Å². The third-order valence-electron chi connectivity index (χ3n) is 5.50. The number of hydrogen-bond acceptors (Lipinski definition) is 8. The van der Waals surface area contributed by atoms with Gasteiger partial charge >= 0.3 is 0 Å². The number of anilines is 1. The highest BCUT2D eigenvalue weighted by Crippen LogP contribution is 2.29. The van der Waals surface area contributed by atoms with E-state index >= 15 is 0 Å². The van der Waals surface area contributed by atoms with E-state index in [0.29, 0.717) is 34.4 Å². The first-order chi connectivity index (χ1) is 14.6. The molecule has 0 bridgehead atoms. The molecule has 8 nitrogen and oxygen atoms in total. The quantitative estimate of drug-likeness (QED) is 0.620.